The fourth-order valence-corrected chi connectivity index (χ4v) is 3.18. The second-order valence-corrected chi connectivity index (χ2v) is 9.52. The highest BCUT2D eigenvalue weighted by Crippen LogP contribution is 2.49. The fourth-order valence-electron chi connectivity index (χ4n) is 3.18. The van der Waals surface area contributed by atoms with Crippen molar-refractivity contribution in [3.8, 4) is 0 Å². The van der Waals surface area contributed by atoms with Crippen LogP contribution in [0.15, 0.2) is 4.99 Å². The van der Waals surface area contributed by atoms with Gasteiger partial charge in [-0.1, -0.05) is 20.8 Å². The predicted molar refractivity (Wildman–Crippen MR) is 92.7 cm³/mol. The summed E-state index contributed by atoms with van der Waals surface area (Å²) >= 11 is 0. The molecule has 6 nitrogen and oxygen atoms in total. The van der Waals surface area contributed by atoms with Gasteiger partial charge >= 0.3 is 0 Å². The number of rotatable bonds is 5. The Bertz CT molecular complexity index is 472. The molecule has 24 heavy (non-hydrogen) atoms. The Morgan fingerprint density at radius 2 is 1.54 bits per heavy atom. The fraction of sp³-hybridized carbons (Fsp3) is 0.944. The highest BCUT2D eigenvalue weighted by atomic mass is 17.2. The van der Waals surface area contributed by atoms with Crippen molar-refractivity contribution in [3.63, 3.8) is 0 Å². The molecule has 6 heteroatoms. The van der Waals surface area contributed by atoms with Crippen LogP contribution in [-0.2, 0) is 19.6 Å². The molecule has 3 unspecified atom stereocenters. The van der Waals surface area contributed by atoms with E-state index < -0.39 is 23.0 Å². The Labute approximate surface area is 146 Å². The maximum Gasteiger partial charge on any atom is 0.232 e. The van der Waals surface area contributed by atoms with E-state index in [2.05, 4.69) is 31.8 Å². The molecule has 140 valence electrons. The van der Waals surface area contributed by atoms with E-state index in [1.54, 1.807) is 0 Å². The molecule has 1 fully saturated rings. The van der Waals surface area contributed by atoms with Crippen molar-refractivity contribution < 1.29 is 19.6 Å². The summed E-state index contributed by atoms with van der Waals surface area (Å²) in [6.07, 6.45) is 0.969. The quantitative estimate of drug-likeness (QED) is 0.444. The molecule has 0 heterocycles. The summed E-state index contributed by atoms with van der Waals surface area (Å²) in [5, 5.41) is 7.39. The van der Waals surface area contributed by atoms with Gasteiger partial charge in [-0.25, -0.2) is 25.0 Å². The van der Waals surface area contributed by atoms with Gasteiger partial charge in [0.2, 0.25) is 5.72 Å². The molecule has 1 aliphatic rings. The van der Waals surface area contributed by atoms with Crippen LogP contribution in [0.4, 0.5) is 0 Å². The van der Waals surface area contributed by atoms with Crippen LogP contribution < -0.4 is 0 Å². The zero-order valence-electron chi connectivity index (χ0n) is 16.6. The van der Waals surface area contributed by atoms with E-state index in [0.29, 0.717) is 12.3 Å². The third-order valence-electron chi connectivity index (χ3n) is 3.71. The van der Waals surface area contributed by atoms with Crippen molar-refractivity contribution in [1.82, 2.24) is 0 Å². The van der Waals surface area contributed by atoms with Gasteiger partial charge < -0.3 is 0 Å². The summed E-state index contributed by atoms with van der Waals surface area (Å²) in [5.41, 5.74) is -2.42. The highest BCUT2D eigenvalue weighted by molar-refractivity contribution is 5.37. The summed E-state index contributed by atoms with van der Waals surface area (Å²) in [6.45, 7) is 17.8. The lowest BCUT2D eigenvalue weighted by Gasteiger charge is -2.49. The van der Waals surface area contributed by atoms with Gasteiger partial charge in [-0.3, -0.25) is 0 Å². The number of nitrogens with zero attached hydrogens (tertiary/aromatic N) is 1. The molecule has 1 rings (SSSR count). The smallest absolute Gasteiger partial charge is 0.232 e. The monoisotopic (exact) mass is 342 g/mol. The van der Waals surface area contributed by atoms with Gasteiger partial charge in [-0.15, -0.1) is 0 Å². The van der Waals surface area contributed by atoms with E-state index in [4.69, 9.17) is 25.0 Å². The lowest BCUT2D eigenvalue weighted by Crippen LogP contribution is -2.58. The molecule has 0 aromatic rings. The van der Waals surface area contributed by atoms with Crippen molar-refractivity contribution in [2.24, 2.45) is 16.3 Å². The largest absolute Gasteiger partial charge is 0.241 e. The first-order valence-electron chi connectivity index (χ1n) is 8.56. The maximum atomic E-state index is 7.39. The summed E-state index contributed by atoms with van der Waals surface area (Å²) in [7, 11) is 0. The van der Waals surface area contributed by atoms with E-state index in [0.717, 1.165) is 6.42 Å². The zero-order valence-corrected chi connectivity index (χ0v) is 16.6. The first kappa shape index (κ1) is 21.3. The van der Waals surface area contributed by atoms with Crippen LogP contribution in [0.5, 0.6) is 0 Å². The normalized spacial score (nSPS) is 30.7. The molecular formula is C18H34N2O4. The Morgan fingerprint density at radius 3 is 2.00 bits per heavy atom. The molecular weight excluding hydrogens is 308 g/mol. The minimum Gasteiger partial charge on any atom is -0.241 e. The molecule has 3 atom stereocenters. The molecule has 0 aromatic carbocycles. The second-order valence-electron chi connectivity index (χ2n) is 9.52. The average molecular weight is 342 g/mol. The van der Waals surface area contributed by atoms with E-state index in [9.17, 15) is 0 Å². The molecule has 0 amide bonds. The van der Waals surface area contributed by atoms with Crippen LogP contribution in [0.25, 0.3) is 0 Å². The molecule has 0 aromatic heterocycles. The summed E-state index contributed by atoms with van der Waals surface area (Å²) in [6, 6.07) is 2.13. The molecule has 0 bridgehead atoms. The van der Waals surface area contributed by atoms with Gasteiger partial charge in [0.05, 0.1) is 17.2 Å². The minimum absolute atomic E-state index is 0.273. The maximum absolute atomic E-state index is 7.39. The Balaban J connectivity index is 3.21. The third-order valence-corrected chi connectivity index (χ3v) is 3.71. The van der Waals surface area contributed by atoms with Crippen LogP contribution in [-0.4, -0.2) is 29.0 Å². The summed E-state index contributed by atoms with van der Waals surface area (Å²) in [4.78, 5) is 27.0. The van der Waals surface area contributed by atoms with Crippen LogP contribution in [0.3, 0.4) is 0 Å². The van der Waals surface area contributed by atoms with Crippen molar-refractivity contribution in [2.75, 3.05) is 0 Å². The first-order valence-corrected chi connectivity index (χ1v) is 8.56. The second kappa shape index (κ2) is 7.22. The molecule has 0 saturated heterocycles. The number of nitrogens with one attached hydrogen (secondary N) is 1. The topological polar surface area (TPSA) is 73.1 Å². The van der Waals surface area contributed by atoms with E-state index in [-0.39, 0.29) is 5.41 Å². The molecule has 1 N–H and O–H groups in total. The highest BCUT2D eigenvalue weighted by Gasteiger charge is 2.57. The first-order chi connectivity index (χ1) is 10.7. The van der Waals surface area contributed by atoms with Gasteiger partial charge in [0.15, 0.2) is 6.10 Å². The zero-order chi connectivity index (χ0) is 18.8. The van der Waals surface area contributed by atoms with Gasteiger partial charge in [-0.05, 0) is 59.3 Å². The Morgan fingerprint density at radius 1 is 1.00 bits per heavy atom. The Kier molecular flexibility index (Phi) is 6.40. The van der Waals surface area contributed by atoms with Gasteiger partial charge in [0.25, 0.3) is 0 Å². The van der Waals surface area contributed by atoms with Crippen LogP contribution >= 0.6 is 0 Å². The van der Waals surface area contributed by atoms with Gasteiger partial charge in [-0.2, -0.15) is 4.99 Å². The van der Waals surface area contributed by atoms with Crippen LogP contribution in [0.1, 0.15) is 75.2 Å². The average Bonchev–Trinajstić information content (AvgIpc) is 2.32. The van der Waals surface area contributed by atoms with Crippen LogP contribution in [0.2, 0.25) is 0 Å². The van der Waals surface area contributed by atoms with Crippen molar-refractivity contribution in [1.29, 1.82) is 5.41 Å². The van der Waals surface area contributed by atoms with E-state index >= 15 is 0 Å². The van der Waals surface area contributed by atoms with Crippen LogP contribution in [0, 0.1) is 16.7 Å². The van der Waals surface area contributed by atoms with Crippen molar-refractivity contribution >= 4 is 6.01 Å². The lowest BCUT2D eigenvalue weighted by molar-refractivity contribution is -0.475. The molecule has 1 aliphatic carbocycles. The standard InChI is InChI=1S/C18H34N2O4/c1-13-10-17(8,9)14(21-22-15(2,3)4)18(11-13,20-12-19)24-23-16(5,6)7/h13-14,19H,10-11H2,1-9H3. The number of hydrogen-bond donors (Lipinski definition) is 1. The molecule has 0 radical (unpaired) electrons. The summed E-state index contributed by atoms with van der Waals surface area (Å²) < 4.78 is 0. The summed E-state index contributed by atoms with van der Waals surface area (Å²) in [5.74, 6) is 0.329. The predicted octanol–water partition coefficient (Wildman–Crippen LogP) is 4.75. The van der Waals surface area contributed by atoms with E-state index in [1.807, 2.05) is 41.5 Å². The molecule has 0 aliphatic heterocycles. The van der Waals surface area contributed by atoms with Gasteiger partial charge in [0.1, 0.15) is 0 Å². The Hall–Kier alpha value is -0.780. The van der Waals surface area contributed by atoms with Gasteiger partial charge in [0, 0.05) is 6.42 Å². The number of hydrogen-bond acceptors (Lipinski definition) is 6. The number of aliphatic imine (C=N–C) groups is 1. The lowest BCUT2D eigenvalue weighted by atomic mass is 9.66. The SMILES string of the molecule is CC1CC(C)(C)C(OOC(C)(C)C)C(N=C=N)(OOC(C)(C)C)C1. The van der Waals surface area contributed by atoms with Crippen molar-refractivity contribution in [3.05, 3.63) is 0 Å². The third kappa shape index (κ3) is 5.94. The van der Waals surface area contributed by atoms with Crippen molar-refractivity contribution in [2.45, 2.75) is 98.2 Å². The molecule has 0 spiro atoms. The minimum atomic E-state index is -1.17. The molecule has 1 saturated carbocycles. The van der Waals surface area contributed by atoms with E-state index in [1.165, 1.54) is 0 Å².